The smallest absolute Gasteiger partial charge is 0.213 e. The Bertz CT molecular complexity index is 713. The molecular weight excluding hydrogens is 523 g/mol. The van der Waals surface area contributed by atoms with E-state index in [2.05, 4.69) is 22.5 Å². The number of guanidine groups is 1. The molecule has 0 aliphatic heterocycles. The van der Waals surface area contributed by atoms with Gasteiger partial charge in [-0.3, -0.25) is 4.21 Å². The van der Waals surface area contributed by atoms with Gasteiger partial charge in [0.1, 0.15) is 6.10 Å². The van der Waals surface area contributed by atoms with Gasteiger partial charge in [0.05, 0.1) is 6.54 Å². The van der Waals surface area contributed by atoms with Crippen molar-refractivity contribution in [3.8, 4) is 5.88 Å². The van der Waals surface area contributed by atoms with Crippen LogP contribution < -0.4 is 15.4 Å². The molecule has 31 heavy (non-hydrogen) atoms. The molecule has 2 saturated carbocycles. The van der Waals surface area contributed by atoms with Gasteiger partial charge in [0, 0.05) is 46.7 Å². The summed E-state index contributed by atoms with van der Waals surface area (Å²) in [4.78, 5) is 9.18. The first-order valence-electron chi connectivity index (χ1n) is 11.7. The van der Waals surface area contributed by atoms with E-state index in [1.165, 1.54) is 19.3 Å². The fourth-order valence-corrected chi connectivity index (χ4v) is 5.75. The maximum atomic E-state index is 12.2. The minimum Gasteiger partial charge on any atom is -0.474 e. The standard InChI is InChI=1S/C23H38N4O2S.HI/c1-3-24-23(27-19-9-8-12-21(16-19)30(28)4-2)26-17-18-13-14-25-22(15-18)29-20-10-6-5-7-11-20;/h13-15,19-21H,3-12,16-17H2,1-2H3,(H2,24,26,27);1H. The molecule has 0 aromatic carbocycles. The molecule has 2 aliphatic rings. The number of rotatable bonds is 8. The van der Waals surface area contributed by atoms with E-state index >= 15 is 0 Å². The molecule has 3 unspecified atom stereocenters. The average molecular weight is 563 g/mol. The predicted octanol–water partition coefficient (Wildman–Crippen LogP) is 4.55. The summed E-state index contributed by atoms with van der Waals surface area (Å²) < 4.78 is 18.3. The Morgan fingerprint density at radius 1 is 1.19 bits per heavy atom. The number of pyridine rings is 1. The first-order chi connectivity index (χ1) is 14.7. The molecule has 2 N–H and O–H groups in total. The van der Waals surface area contributed by atoms with Crippen molar-refractivity contribution in [2.24, 2.45) is 4.99 Å². The van der Waals surface area contributed by atoms with E-state index in [4.69, 9.17) is 9.73 Å². The molecule has 0 amide bonds. The second kappa shape index (κ2) is 14.3. The summed E-state index contributed by atoms with van der Waals surface area (Å²) in [6, 6.07) is 4.35. The Morgan fingerprint density at radius 3 is 2.74 bits per heavy atom. The second-order valence-corrected chi connectivity index (χ2v) is 10.4. The van der Waals surface area contributed by atoms with Crippen LogP contribution in [0, 0.1) is 0 Å². The summed E-state index contributed by atoms with van der Waals surface area (Å²) in [7, 11) is -0.713. The lowest BCUT2D eigenvalue weighted by atomic mass is 9.95. The number of nitrogens with one attached hydrogen (secondary N) is 2. The highest BCUT2D eigenvalue weighted by atomic mass is 127. The van der Waals surface area contributed by atoms with Crippen molar-refractivity contribution in [2.45, 2.75) is 95.6 Å². The van der Waals surface area contributed by atoms with Gasteiger partial charge in [-0.25, -0.2) is 9.98 Å². The molecule has 2 aliphatic carbocycles. The zero-order valence-electron chi connectivity index (χ0n) is 19.0. The lowest BCUT2D eigenvalue weighted by molar-refractivity contribution is 0.148. The van der Waals surface area contributed by atoms with E-state index in [1.54, 1.807) is 0 Å². The van der Waals surface area contributed by atoms with Crippen molar-refractivity contribution >= 4 is 40.7 Å². The molecule has 1 aromatic rings. The van der Waals surface area contributed by atoms with Crippen molar-refractivity contribution in [2.75, 3.05) is 12.3 Å². The normalized spacial score (nSPS) is 23.5. The third-order valence-electron chi connectivity index (χ3n) is 6.03. The lowest BCUT2D eigenvalue weighted by Crippen LogP contribution is -2.46. The van der Waals surface area contributed by atoms with Crippen LogP contribution in [0.2, 0.25) is 0 Å². The van der Waals surface area contributed by atoms with E-state index in [0.29, 0.717) is 29.8 Å². The van der Waals surface area contributed by atoms with Gasteiger partial charge >= 0.3 is 0 Å². The molecule has 1 heterocycles. The Balaban J connectivity index is 0.00000341. The number of halogens is 1. The van der Waals surface area contributed by atoms with Crippen LogP contribution in [0.25, 0.3) is 0 Å². The molecular formula is C23H39IN4O2S. The van der Waals surface area contributed by atoms with Crippen LogP contribution in [0.5, 0.6) is 5.88 Å². The maximum absolute atomic E-state index is 12.2. The van der Waals surface area contributed by atoms with Crippen LogP contribution in [0.1, 0.15) is 77.2 Å². The fourth-order valence-electron chi connectivity index (χ4n) is 4.40. The fraction of sp³-hybridized carbons (Fsp3) is 0.739. The molecule has 1 aromatic heterocycles. The Morgan fingerprint density at radius 2 is 2.00 bits per heavy atom. The summed E-state index contributed by atoms with van der Waals surface area (Å²) >= 11 is 0. The van der Waals surface area contributed by atoms with Gasteiger partial charge in [0.15, 0.2) is 5.96 Å². The Labute approximate surface area is 207 Å². The molecule has 8 heteroatoms. The number of aromatic nitrogens is 1. The number of hydrogen-bond donors (Lipinski definition) is 2. The second-order valence-electron chi connectivity index (χ2n) is 8.37. The van der Waals surface area contributed by atoms with Gasteiger partial charge in [-0.05, 0) is 63.5 Å². The van der Waals surface area contributed by atoms with Crippen LogP contribution in [-0.4, -0.2) is 44.8 Å². The summed E-state index contributed by atoms with van der Waals surface area (Å²) in [5.41, 5.74) is 1.10. The molecule has 0 radical (unpaired) electrons. The largest absolute Gasteiger partial charge is 0.474 e. The third-order valence-corrected chi connectivity index (χ3v) is 7.77. The van der Waals surface area contributed by atoms with E-state index in [0.717, 1.165) is 62.3 Å². The van der Waals surface area contributed by atoms with Gasteiger partial charge in [-0.15, -0.1) is 24.0 Å². The topological polar surface area (TPSA) is 75.6 Å². The molecule has 0 spiro atoms. The van der Waals surface area contributed by atoms with Crippen molar-refractivity contribution < 1.29 is 8.95 Å². The minimum atomic E-state index is -0.713. The monoisotopic (exact) mass is 562 g/mol. The van der Waals surface area contributed by atoms with Crippen LogP contribution in [0.3, 0.4) is 0 Å². The first kappa shape index (κ1) is 26.4. The minimum absolute atomic E-state index is 0. The zero-order chi connectivity index (χ0) is 21.2. The van der Waals surface area contributed by atoms with Crippen LogP contribution >= 0.6 is 24.0 Å². The van der Waals surface area contributed by atoms with Gasteiger partial charge in [0.25, 0.3) is 0 Å². The van der Waals surface area contributed by atoms with Crippen LogP contribution in [0.15, 0.2) is 23.3 Å². The van der Waals surface area contributed by atoms with Crippen molar-refractivity contribution in [3.05, 3.63) is 23.9 Å². The van der Waals surface area contributed by atoms with Gasteiger partial charge < -0.3 is 15.4 Å². The predicted molar refractivity (Wildman–Crippen MR) is 140 cm³/mol. The third kappa shape index (κ3) is 8.86. The van der Waals surface area contributed by atoms with Gasteiger partial charge in [-0.2, -0.15) is 0 Å². The molecule has 3 rings (SSSR count). The summed E-state index contributed by atoms with van der Waals surface area (Å²) in [5.74, 6) is 2.29. The summed E-state index contributed by atoms with van der Waals surface area (Å²) in [6.07, 6.45) is 12.5. The lowest BCUT2D eigenvalue weighted by Gasteiger charge is -2.30. The Kier molecular flexibility index (Phi) is 12.1. The highest BCUT2D eigenvalue weighted by Gasteiger charge is 2.26. The van der Waals surface area contributed by atoms with E-state index in [1.807, 2.05) is 25.3 Å². The molecule has 0 bridgehead atoms. The van der Waals surface area contributed by atoms with Crippen molar-refractivity contribution in [3.63, 3.8) is 0 Å². The zero-order valence-corrected chi connectivity index (χ0v) is 22.1. The number of ether oxygens (including phenoxy) is 1. The number of hydrogen-bond acceptors (Lipinski definition) is 4. The van der Waals surface area contributed by atoms with E-state index in [9.17, 15) is 4.21 Å². The van der Waals surface area contributed by atoms with Gasteiger partial charge in [-0.1, -0.05) is 19.8 Å². The SMILES string of the molecule is CCNC(=NCc1ccnc(OC2CCCCC2)c1)NC1CCCC(S(=O)CC)C1.I. The Hall–Kier alpha value is -0.900. The summed E-state index contributed by atoms with van der Waals surface area (Å²) in [6.45, 7) is 5.49. The quantitative estimate of drug-likeness (QED) is 0.277. The highest BCUT2D eigenvalue weighted by Crippen LogP contribution is 2.24. The molecule has 2 fully saturated rings. The van der Waals surface area contributed by atoms with Crippen molar-refractivity contribution in [1.82, 2.24) is 15.6 Å². The molecule has 176 valence electrons. The molecule has 3 atom stereocenters. The first-order valence-corrected chi connectivity index (χ1v) is 13.1. The van der Waals surface area contributed by atoms with Gasteiger partial charge in [0.2, 0.25) is 5.88 Å². The average Bonchev–Trinajstić information content (AvgIpc) is 2.78. The van der Waals surface area contributed by atoms with Crippen LogP contribution in [-0.2, 0) is 17.3 Å². The molecule has 0 saturated heterocycles. The van der Waals surface area contributed by atoms with Crippen molar-refractivity contribution in [1.29, 1.82) is 0 Å². The summed E-state index contributed by atoms with van der Waals surface area (Å²) in [5, 5.41) is 7.24. The number of nitrogens with zero attached hydrogens (tertiary/aromatic N) is 2. The molecule has 6 nitrogen and oxygen atoms in total. The number of aliphatic imine (C=N–C) groups is 1. The van der Waals surface area contributed by atoms with Crippen LogP contribution in [0.4, 0.5) is 0 Å². The highest BCUT2D eigenvalue weighted by molar-refractivity contribution is 14.0. The maximum Gasteiger partial charge on any atom is 0.213 e. The van der Waals surface area contributed by atoms with E-state index in [-0.39, 0.29) is 24.0 Å². The van der Waals surface area contributed by atoms with E-state index < -0.39 is 10.8 Å².